The van der Waals surface area contributed by atoms with Crippen LogP contribution < -0.4 is 10.1 Å². The van der Waals surface area contributed by atoms with E-state index in [1.54, 1.807) is 4.90 Å². The molecular formula is C18H24N2O5. The molecule has 2 amide bonds. The minimum atomic E-state index is -1.09. The van der Waals surface area contributed by atoms with Gasteiger partial charge >= 0.3 is 5.97 Å². The van der Waals surface area contributed by atoms with E-state index in [9.17, 15) is 14.4 Å². The molecule has 0 aliphatic carbocycles. The van der Waals surface area contributed by atoms with Crippen LogP contribution in [0.5, 0.6) is 5.75 Å². The number of carboxylic acid groups (broad SMARTS) is 1. The molecule has 136 valence electrons. The predicted molar refractivity (Wildman–Crippen MR) is 92.8 cm³/mol. The number of aromatic carboxylic acids is 1. The van der Waals surface area contributed by atoms with E-state index in [4.69, 9.17) is 9.84 Å². The van der Waals surface area contributed by atoms with Crippen LogP contribution in [-0.4, -0.2) is 47.0 Å². The number of anilines is 1. The van der Waals surface area contributed by atoms with Gasteiger partial charge in [-0.15, -0.1) is 0 Å². The third-order valence-corrected chi connectivity index (χ3v) is 3.87. The van der Waals surface area contributed by atoms with Crippen molar-refractivity contribution in [2.24, 2.45) is 0 Å². The number of ether oxygens (including phenoxy) is 1. The van der Waals surface area contributed by atoms with Gasteiger partial charge in [0, 0.05) is 13.0 Å². The zero-order chi connectivity index (χ0) is 18.4. The first-order chi connectivity index (χ1) is 11.9. The maximum absolute atomic E-state index is 12.3. The lowest BCUT2D eigenvalue weighted by atomic mass is 10.2. The highest BCUT2D eigenvalue weighted by atomic mass is 16.5. The highest BCUT2D eigenvalue weighted by Crippen LogP contribution is 2.27. The van der Waals surface area contributed by atoms with E-state index in [-0.39, 0.29) is 30.0 Å². The van der Waals surface area contributed by atoms with Gasteiger partial charge in [0.25, 0.3) is 0 Å². The fraction of sp³-hybridized carbons (Fsp3) is 0.500. The standard InChI is InChI=1S/C18H24N2O5/c1-12(2)25-15-8-7-13(18(23)24)10-14(15)19-16(21)11-20-9-5-3-4-6-17(20)22/h7-8,10,12H,3-6,9,11H2,1-2H3,(H,19,21)(H,23,24). The Bertz CT molecular complexity index is 657. The van der Waals surface area contributed by atoms with Gasteiger partial charge < -0.3 is 20.1 Å². The summed E-state index contributed by atoms with van der Waals surface area (Å²) in [7, 11) is 0. The molecule has 0 bridgehead atoms. The van der Waals surface area contributed by atoms with E-state index in [2.05, 4.69) is 5.32 Å². The lowest BCUT2D eigenvalue weighted by Crippen LogP contribution is -2.37. The topological polar surface area (TPSA) is 95.9 Å². The largest absolute Gasteiger partial charge is 0.489 e. The molecule has 1 aromatic rings. The van der Waals surface area contributed by atoms with Gasteiger partial charge in [0.05, 0.1) is 23.9 Å². The Morgan fingerprint density at radius 3 is 2.72 bits per heavy atom. The average Bonchev–Trinajstić information content (AvgIpc) is 2.73. The quantitative estimate of drug-likeness (QED) is 0.823. The van der Waals surface area contributed by atoms with Gasteiger partial charge in [-0.3, -0.25) is 9.59 Å². The van der Waals surface area contributed by atoms with Crippen LogP contribution in [0.1, 0.15) is 49.9 Å². The summed E-state index contributed by atoms with van der Waals surface area (Å²) in [4.78, 5) is 37.1. The van der Waals surface area contributed by atoms with Crippen molar-refractivity contribution in [3.05, 3.63) is 23.8 Å². The fourth-order valence-electron chi connectivity index (χ4n) is 2.69. The second-order valence-electron chi connectivity index (χ2n) is 6.36. The summed E-state index contributed by atoms with van der Waals surface area (Å²) in [5, 5.41) is 11.8. The molecule has 1 heterocycles. The first-order valence-corrected chi connectivity index (χ1v) is 8.48. The summed E-state index contributed by atoms with van der Waals surface area (Å²) in [6.45, 7) is 4.20. The van der Waals surface area contributed by atoms with Gasteiger partial charge in [0.1, 0.15) is 5.75 Å². The fourth-order valence-corrected chi connectivity index (χ4v) is 2.69. The monoisotopic (exact) mass is 348 g/mol. The molecule has 1 aliphatic rings. The van der Waals surface area contributed by atoms with Crippen molar-refractivity contribution < 1.29 is 24.2 Å². The van der Waals surface area contributed by atoms with E-state index in [0.717, 1.165) is 19.3 Å². The van der Waals surface area contributed by atoms with E-state index in [1.807, 2.05) is 13.8 Å². The van der Waals surface area contributed by atoms with Crippen molar-refractivity contribution in [1.82, 2.24) is 4.90 Å². The highest BCUT2D eigenvalue weighted by Gasteiger charge is 2.20. The summed E-state index contributed by atoms with van der Waals surface area (Å²) in [5.41, 5.74) is 0.345. The Hall–Kier alpha value is -2.57. The van der Waals surface area contributed by atoms with Crippen LogP contribution >= 0.6 is 0 Å². The number of carboxylic acids is 1. The normalized spacial score (nSPS) is 15.0. The maximum Gasteiger partial charge on any atom is 0.335 e. The molecule has 0 unspecified atom stereocenters. The van der Waals surface area contributed by atoms with Crippen molar-refractivity contribution in [3.63, 3.8) is 0 Å². The number of carbonyl (C=O) groups excluding carboxylic acids is 2. The third-order valence-electron chi connectivity index (χ3n) is 3.87. The van der Waals surface area contributed by atoms with Crippen molar-refractivity contribution >= 4 is 23.5 Å². The molecular weight excluding hydrogens is 324 g/mol. The van der Waals surface area contributed by atoms with Crippen LogP contribution in [0.25, 0.3) is 0 Å². The summed E-state index contributed by atoms with van der Waals surface area (Å²) in [6.07, 6.45) is 3.05. The number of hydrogen-bond donors (Lipinski definition) is 2. The summed E-state index contributed by atoms with van der Waals surface area (Å²) >= 11 is 0. The van der Waals surface area contributed by atoms with Crippen LogP contribution in [0, 0.1) is 0 Å². The van der Waals surface area contributed by atoms with Gasteiger partial charge in [-0.05, 0) is 44.9 Å². The van der Waals surface area contributed by atoms with Crippen molar-refractivity contribution in [2.75, 3.05) is 18.4 Å². The summed E-state index contributed by atoms with van der Waals surface area (Å²) < 4.78 is 5.62. The van der Waals surface area contributed by atoms with Crippen LogP contribution in [0.2, 0.25) is 0 Å². The molecule has 1 aromatic carbocycles. The molecule has 1 aliphatic heterocycles. The minimum absolute atomic E-state index is 0.0226. The molecule has 0 aromatic heterocycles. The molecule has 0 spiro atoms. The Balaban J connectivity index is 2.13. The first-order valence-electron chi connectivity index (χ1n) is 8.48. The average molecular weight is 348 g/mol. The molecule has 2 rings (SSSR count). The molecule has 1 saturated heterocycles. The van der Waals surface area contributed by atoms with E-state index in [0.29, 0.717) is 24.4 Å². The van der Waals surface area contributed by atoms with E-state index in [1.165, 1.54) is 18.2 Å². The van der Waals surface area contributed by atoms with E-state index >= 15 is 0 Å². The molecule has 0 saturated carbocycles. The third kappa shape index (κ3) is 5.48. The number of hydrogen-bond acceptors (Lipinski definition) is 4. The van der Waals surface area contributed by atoms with Crippen molar-refractivity contribution in [1.29, 1.82) is 0 Å². The first kappa shape index (κ1) is 18.8. The van der Waals surface area contributed by atoms with Crippen LogP contribution in [0.3, 0.4) is 0 Å². The number of likely N-dealkylation sites (tertiary alicyclic amines) is 1. The van der Waals surface area contributed by atoms with Crippen LogP contribution in [-0.2, 0) is 9.59 Å². The second-order valence-corrected chi connectivity index (χ2v) is 6.36. The van der Waals surface area contributed by atoms with Crippen molar-refractivity contribution in [2.45, 2.75) is 45.6 Å². The SMILES string of the molecule is CC(C)Oc1ccc(C(=O)O)cc1NC(=O)CN1CCCCCC1=O. The Kier molecular flexibility index (Phi) is 6.38. The molecule has 0 atom stereocenters. The van der Waals surface area contributed by atoms with Crippen LogP contribution in [0.4, 0.5) is 5.69 Å². The maximum atomic E-state index is 12.3. The number of nitrogens with one attached hydrogen (secondary N) is 1. The minimum Gasteiger partial charge on any atom is -0.489 e. The van der Waals surface area contributed by atoms with Gasteiger partial charge in [-0.1, -0.05) is 6.42 Å². The molecule has 7 nitrogen and oxygen atoms in total. The lowest BCUT2D eigenvalue weighted by Gasteiger charge is -2.21. The zero-order valence-corrected chi connectivity index (χ0v) is 14.6. The number of rotatable bonds is 6. The lowest BCUT2D eigenvalue weighted by molar-refractivity contribution is -0.134. The van der Waals surface area contributed by atoms with Crippen molar-refractivity contribution in [3.8, 4) is 5.75 Å². The smallest absolute Gasteiger partial charge is 0.335 e. The van der Waals surface area contributed by atoms with E-state index < -0.39 is 5.97 Å². The van der Waals surface area contributed by atoms with Gasteiger partial charge in [0.15, 0.2) is 0 Å². The summed E-state index contributed by atoms with van der Waals surface area (Å²) in [6, 6.07) is 4.31. The Labute approximate surface area is 147 Å². The Morgan fingerprint density at radius 1 is 1.28 bits per heavy atom. The second kappa shape index (κ2) is 8.50. The predicted octanol–water partition coefficient (Wildman–Crippen LogP) is 2.51. The molecule has 25 heavy (non-hydrogen) atoms. The summed E-state index contributed by atoms with van der Waals surface area (Å²) in [5.74, 6) is -1.08. The molecule has 7 heteroatoms. The number of amides is 2. The van der Waals surface area contributed by atoms with Crippen LogP contribution in [0.15, 0.2) is 18.2 Å². The van der Waals surface area contributed by atoms with Gasteiger partial charge in [-0.25, -0.2) is 4.79 Å². The number of nitrogens with zero attached hydrogens (tertiary/aromatic N) is 1. The molecule has 1 fully saturated rings. The van der Waals surface area contributed by atoms with Gasteiger partial charge in [-0.2, -0.15) is 0 Å². The highest BCUT2D eigenvalue weighted by molar-refractivity contribution is 5.97. The molecule has 2 N–H and O–H groups in total. The zero-order valence-electron chi connectivity index (χ0n) is 14.6. The number of benzene rings is 1. The Morgan fingerprint density at radius 2 is 2.04 bits per heavy atom. The molecule has 0 radical (unpaired) electrons. The van der Waals surface area contributed by atoms with Gasteiger partial charge in [0.2, 0.25) is 11.8 Å². The number of carbonyl (C=O) groups is 3.